The third-order valence-electron chi connectivity index (χ3n) is 4.41. The first-order valence-corrected chi connectivity index (χ1v) is 9.76. The van der Waals surface area contributed by atoms with Crippen molar-refractivity contribution in [3.8, 4) is 0 Å². The van der Waals surface area contributed by atoms with Gasteiger partial charge in [0.25, 0.3) is 5.56 Å². The van der Waals surface area contributed by atoms with Gasteiger partial charge in [0.1, 0.15) is 5.65 Å². The lowest BCUT2D eigenvalue weighted by atomic mass is 10.1. The van der Waals surface area contributed by atoms with Crippen LogP contribution < -0.4 is 5.56 Å². The Morgan fingerprint density at radius 2 is 2.20 bits per heavy atom. The molecule has 0 radical (unpaired) electrons. The summed E-state index contributed by atoms with van der Waals surface area (Å²) in [7, 11) is -3.53. The number of pyridine rings is 1. The summed E-state index contributed by atoms with van der Waals surface area (Å²) in [6, 6.07) is 3.91. The molecule has 0 bridgehead atoms. The molecule has 0 spiro atoms. The summed E-state index contributed by atoms with van der Waals surface area (Å²) in [5.74, 6) is 0. The second kappa shape index (κ2) is 5.78. The standard InChI is InChI=1S/C16H17N5O3S/c1-25(23,24)16-19-13-4-6-21(9-12(13)15(22)20-16)8-10-7-18-14-11(10)3-2-5-17-14/h2-3,5,7H,4,6,8-9H2,1H3,(H,17,18)(H,19,20,22). The SMILES string of the molecule is CS(=O)(=O)c1nc2c(c(=O)[nH]1)CN(Cc1c[nH]c3ncccc13)CC2. The Hall–Kier alpha value is -2.52. The highest BCUT2D eigenvalue weighted by molar-refractivity contribution is 7.90. The molecule has 3 aromatic rings. The van der Waals surface area contributed by atoms with Crippen LogP contribution in [0.5, 0.6) is 0 Å². The number of nitrogens with one attached hydrogen (secondary N) is 2. The lowest BCUT2D eigenvalue weighted by Crippen LogP contribution is -2.36. The number of H-pyrrole nitrogens is 2. The first-order chi connectivity index (χ1) is 11.9. The van der Waals surface area contributed by atoms with Crippen molar-refractivity contribution < 1.29 is 8.42 Å². The Morgan fingerprint density at radius 1 is 1.36 bits per heavy atom. The molecule has 4 heterocycles. The number of hydrogen-bond donors (Lipinski definition) is 2. The molecule has 0 unspecified atom stereocenters. The number of nitrogens with zero attached hydrogens (tertiary/aromatic N) is 3. The van der Waals surface area contributed by atoms with Gasteiger partial charge in [0.05, 0.1) is 11.3 Å². The van der Waals surface area contributed by atoms with E-state index >= 15 is 0 Å². The fourth-order valence-electron chi connectivity index (χ4n) is 3.15. The zero-order valence-corrected chi connectivity index (χ0v) is 14.4. The molecule has 0 aliphatic carbocycles. The first-order valence-electron chi connectivity index (χ1n) is 7.87. The Balaban J connectivity index is 1.62. The van der Waals surface area contributed by atoms with Crippen LogP contribution >= 0.6 is 0 Å². The van der Waals surface area contributed by atoms with Crippen molar-refractivity contribution in [2.75, 3.05) is 12.8 Å². The molecule has 130 valence electrons. The smallest absolute Gasteiger partial charge is 0.256 e. The van der Waals surface area contributed by atoms with Crippen LogP contribution in [0.3, 0.4) is 0 Å². The molecule has 0 saturated carbocycles. The van der Waals surface area contributed by atoms with E-state index in [-0.39, 0.29) is 10.7 Å². The summed E-state index contributed by atoms with van der Waals surface area (Å²) in [6.45, 7) is 1.83. The maximum Gasteiger partial charge on any atom is 0.256 e. The molecule has 1 aliphatic heterocycles. The predicted octanol–water partition coefficient (Wildman–Crippen LogP) is 0.608. The average Bonchev–Trinajstić information content (AvgIpc) is 2.98. The number of fused-ring (bicyclic) bond motifs is 2. The average molecular weight is 359 g/mol. The normalized spacial score (nSPS) is 15.4. The van der Waals surface area contributed by atoms with Crippen LogP contribution in [0.25, 0.3) is 11.0 Å². The van der Waals surface area contributed by atoms with Crippen LogP contribution in [0.15, 0.2) is 34.5 Å². The van der Waals surface area contributed by atoms with Crippen LogP contribution in [0, 0.1) is 0 Å². The second-order valence-corrected chi connectivity index (χ2v) is 8.17. The topological polar surface area (TPSA) is 112 Å². The van der Waals surface area contributed by atoms with E-state index in [1.54, 1.807) is 6.20 Å². The highest BCUT2D eigenvalue weighted by Gasteiger charge is 2.24. The highest BCUT2D eigenvalue weighted by Crippen LogP contribution is 2.21. The Bertz CT molecular complexity index is 1120. The lowest BCUT2D eigenvalue weighted by molar-refractivity contribution is 0.241. The fraction of sp³-hybridized carbons (Fsp3) is 0.312. The van der Waals surface area contributed by atoms with Crippen molar-refractivity contribution in [2.45, 2.75) is 24.7 Å². The molecule has 0 aromatic carbocycles. The molecular formula is C16H17N5O3S. The summed E-state index contributed by atoms with van der Waals surface area (Å²) >= 11 is 0. The van der Waals surface area contributed by atoms with Gasteiger partial charge in [0.2, 0.25) is 15.0 Å². The van der Waals surface area contributed by atoms with Gasteiger partial charge < -0.3 is 4.98 Å². The molecule has 1 aliphatic rings. The van der Waals surface area contributed by atoms with Gasteiger partial charge in [0, 0.05) is 50.1 Å². The van der Waals surface area contributed by atoms with Gasteiger partial charge in [-0.2, -0.15) is 0 Å². The fourth-order valence-corrected chi connectivity index (χ4v) is 3.71. The number of sulfone groups is 1. The van der Waals surface area contributed by atoms with Gasteiger partial charge in [-0.05, 0) is 17.7 Å². The van der Waals surface area contributed by atoms with Gasteiger partial charge in [-0.3, -0.25) is 14.7 Å². The van der Waals surface area contributed by atoms with E-state index in [1.807, 2.05) is 18.3 Å². The van der Waals surface area contributed by atoms with E-state index in [9.17, 15) is 13.2 Å². The minimum absolute atomic E-state index is 0.257. The van der Waals surface area contributed by atoms with E-state index in [2.05, 4.69) is 24.8 Å². The molecule has 0 saturated heterocycles. The minimum Gasteiger partial charge on any atom is -0.346 e. The monoisotopic (exact) mass is 359 g/mol. The molecule has 2 N–H and O–H groups in total. The van der Waals surface area contributed by atoms with Crippen LogP contribution in [0.4, 0.5) is 0 Å². The summed E-state index contributed by atoms with van der Waals surface area (Å²) in [6.07, 6.45) is 5.26. The van der Waals surface area contributed by atoms with Gasteiger partial charge in [-0.15, -0.1) is 0 Å². The zero-order chi connectivity index (χ0) is 17.6. The quantitative estimate of drug-likeness (QED) is 0.663. The van der Waals surface area contributed by atoms with E-state index in [0.717, 1.165) is 22.9 Å². The molecule has 25 heavy (non-hydrogen) atoms. The van der Waals surface area contributed by atoms with Gasteiger partial charge in [-0.1, -0.05) is 0 Å². The molecule has 4 rings (SSSR count). The number of hydrogen-bond acceptors (Lipinski definition) is 6. The van der Waals surface area contributed by atoms with Crippen molar-refractivity contribution in [1.82, 2.24) is 24.8 Å². The van der Waals surface area contributed by atoms with Gasteiger partial charge >= 0.3 is 0 Å². The van der Waals surface area contributed by atoms with Gasteiger partial charge in [-0.25, -0.2) is 18.4 Å². The van der Waals surface area contributed by atoms with Crippen LogP contribution in [0.1, 0.15) is 16.8 Å². The number of aromatic amines is 2. The van der Waals surface area contributed by atoms with E-state index in [0.29, 0.717) is 37.3 Å². The van der Waals surface area contributed by atoms with Gasteiger partial charge in [0.15, 0.2) is 0 Å². The van der Waals surface area contributed by atoms with Crippen molar-refractivity contribution in [2.24, 2.45) is 0 Å². The molecule has 0 amide bonds. The molecular weight excluding hydrogens is 342 g/mol. The van der Waals surface area contributed by atoms with E-state index in [4.69, 9.17) is 0 Å². The Labute approximate surface area is 143 Å². The summed E-state index contributed by atoms with van der Waals surface area (Å²) < 4.78 is 23.2. The van der Waals surface area contributed by atoms with Crippen molar-refractivity contribution in [3.63, 3.8) is 0 Å². The maximum atomic E-state index is 12.3. The van der Waals surface area contributed by atoms with Crippen LogP contribution in [-0.2, 0) is 29.3 Å². The zero-order valence-electron chi connectivity index (χ0n) is 13.6. The molecule has 3 aromatic heterocycles. The number of aromatic nitrogens is 4. The van der Waals surface area contributed by atoms with Crippen LogP contribution in [0.2, 0.25) is 0 Å². The highest BCUT2D eigenvalue weighted by atomic mass is 32.2. The van der Waals surface area contributed by atoms with E-state index in [1.165, 1.54) is 0 Å². The summed E-state index contributed by atoms with van der Waals surface area (Å²) in [5, 5.41) is 0.806. The third-order valence-corrected chi connectivity index (χ3v) is 5.30. The Kier molecular flexibility index (Phi) is 3.69. The number of rotatable bonds is 3. The Morgan fingerprint density at radius 3 is 3.00 bits per heavy atom. The third kappa shape index (κ3) is 2.96. The van der Waals surface area contributed by atoms with Crippen molar-refractivity contribution in [3.05, 3.63) is 51.7 Å². The summed E-state index contributed by atoms with van der Waals surface area (Å²) in [4.78, 5) is 28.4. The maximum absolute atomic E-state index is 12.3. The second-order valence-electron chi connectivity index (χ2n) is 6.24. The molecule has 8 nitrogen and oxygen atoms in total. The molecule has 0 atom stereocenters. The summed E-state index contributed by atoms with van der Waals surface area (Å²) in [5.41, 5.74) is 2.68. The van der Waals surface area contributed by atoms with Crippen LogP contribution in [-0.4, -0.2) is 46.1 Å². The van der Waals surface area contributed by atoms with Crippen molar-refractivity contribution in [1.29, 1.82) is 0 Å². The predicted molar refractivity (Wildman–Crippen MR) is 91.9 cm³/mol. The largest absolute Gasteiger partial charge is 0.346 e. The minimum atomic E-state index is -3.53. The van der Waals surface area contributed by atoms with Crippen molar-refractivity contribution >= 4 is 20.9 Å². The molecule has 9 heteroatoms. The lowest BCUT2D eigenvalue weighted by Gasteiger charge is -2.27. The molecule has 0 fully saturated rings. The van der Waals surface area contributed by atoms with E-state index < -0.39 is 9.84 Å². The first kappa shape index (κ1) is 16.0.